The third kappa shape index (κ3) is 2.06. The van der Waals surface area contributed by atoms with Crippen molar-refractivity contribution in [3.63, 3.8) is 0 Å². The fraction of sp³-hybridized carbons (Fsp3) is 0. The van der Waals surface area contributed by atoms with E-state index in [2.05, 4.69) is 6.07 Å². The lowest BCUT2D eigenvalue weighted by atomic mass is 10.0. The molecule has 0 fully saturated rings. The number of carbonyl (C=O) groups excluding carboxylic acids is 2. The highest BCUT2D eigenvalue weighted by atomic mass is 16.1. The summed E-state index contributed by atoms with van der Waals surface area (Å²) >= 11 is 0. The molecule has 0 N–H and O–H groups in total. The molecule has 0 heterocycles. The van der Waals surface area contributed by atoms with E-state index in [-0.39, 0.29) is 5.78 Å². The topological polar surface area (TPSA) is 34.1 Å². The quantitative estimate of drug-likeness (QED) is 0.724. The zero-order chi connectivity index (χ0) is 11.4. The van der Waals surface area contributed by atoms with Crippen molar-refractivity contribution in [3.05, 3.63) is 71.3 Å². The lowest BCUT2D eigenvalue weighted by Crippen LogP contribution is -2.01. The molecule has 2 aromatic carbocycles. The fourth-order valence-electron chi connectivity index (χ4n) is 1.38. The number of rotatable bonds is 3. The molecule has 0 aliphatic heterocycles. The Morgan fingerprint density at radius 1 is 1.06 bits per heavy atom. The second-order valence-corrected chi connectivity index (χ2v) is 3.28. The summed E-state index contributed by atoms with van der Waals surface area (Å²) in [4.78, 5) is 22.3. The summed E-state index contributed by atoms with van der Waals surface area (Å²) in [5.74, 6) is -0.0990. The van der Waals surface area contributed by atoms with Crippen LogP contribution in [-0.4, -0.2) is 12.1 Å². The molecule has 0 aliphatic carbocycles. The van der Waals surface area contributed by atoms with E-state index < -0.39 is 0 Å². The van der Waals surface area contributed by atoms with E-state index in [1.165, 1.54) is 0 Å². The molecule has 0 amide bonds. The van der Waals surface area contributed by atoms with Crippen molar-refractivity contribution in [1.29, 1.82) is 0 Å². The molecule has 0 aromatic heterocycles. The second-order valence-electron chi connectivity index (χ2n) is 3.28. The Hall–Kier alpha value is -2.22. The highest BCUT2D eigenvalue weighted by Crippen LogP contribution is 2.09. The summed E-state index contributed by atoms with van der Waals surface area (Å²) in [6.07, 6.45) is 1.76. The summed E-state index contributed by atoms with van der Waals surface area (Å²) in [5.41, 5.74) is 1.50. The monoisotopic (exact) mass is 208 g/mol. The maximum Gasteiger partial charge on any atom is 0.233 e. The van der Waals surface area contributed by atoms with Gasteiger partial charge in [-0.25, -0.2) is 0 Å². The van der Waals surface area contributed by atoms with Crippen molar-refractivity contribution in [3.8, 4) is 0 Å². The van der Waals surface area contributed by atoms with Crippen LogP contribution in [0.1, 0.15) is 21.5 Å². The number of hydrogen-bond acceptors (Lipinski definition) is 2. The lowest BCUT2D eigenvalue weighted by molar-refractivity contribution is 0.103. The van der Waals surface area contributed by atoms with Gasteiger partial charge in [0.15, 0.2) is 5.78 Å². The average molecular weight is 208 g/mol. The zero-order valence-electron chi connectivity index (χ0n) is 8.44. The van der Waals surface area contributed by atoms with Crippen LogP contribution < -0.4 is 0 Å². The minimum Gasteiger partial charge on any atom is -0.289 e. The molecule has 0 spiro atoms. The fourth-order valence-corrected chi connectivity index (χ4v) is 1.38. The van der Waals surface area contributed by atoms with Crippen LogP contribution in [0.2, 0.25) is 0 Å². The van der Waals surface area contributed by atoms with Crippen LogP contribution in [0, 0.1) is 6.07 Å². The van der Waals surface area contributed by atoms with Gasteiger partial charge in [0, 0.05) is 16.7 Å². The number of benzene rings is 2. The van der Waals surface area contributed by atoms with Crippen molar-refractivity contribution in [2.75, 3.05) is 0 Å². The maximum atomic E-state index is 11.9. The van der Waals surface area contributed by atoms with E-state index in [0.29, 0.717) is 16.7 Å². The van der Waals surface area contributed by atoms with Gasteiger partial charge in [-0.05, 0) is 6.07 Å². The summed E-state index contributed by atoms with van der Waals surface area (Å²) in [7, 11) is 0. The Bertz CT molecular complexity index is 498. The summed E-state index contributed by atoms with van der Waals surface area (Å²) in [6.45, 7) is 0. The highest BCUT2D eigenvalue weighted by molar-refractivity contribution is 6.08. The minimum absolute atomic E-state index is 0.0990. The van der Waals surface area contributed by atoms with Gasteiger partial charge in [-0.3, -0.25) is 9.59 Å². The first-order valence-electron chi connectivity index (χ1n) is 4.81. The van der Waals surface area contributed by atoms with Crippen molar-refractivity contribution >= 4 is 12.1 Å². The van der Waals surface area contributed by atoms with Crippen LogP contribution in [0.3, 0.4) is 0 Å². The van der Waals surface area contributed by atoms with E-state index in [0.717, 1.165) is 0 Å². The maximum absolute atomic E-state index is 11.9. The zero-order valence-corrected chi connectivity index (χ0v) is 8.44. The van der Waals surface area contributed by atoms with Crippen LogP contribution >= 0.6 is 0 Å². The van der Waals surface area contributed by atoms with Gasteiger partial charge in [-0.15, -0.1) is 0 Å². The Morgan fingerprint density at radius 3 is 2.38 bits per heavy atom. The normalized spacial score (nSPS) is 9.75. The molecule has 2 heteroatoms. The standard InChI is InChI=1S/C14H8O2/c15-10-11-6-8-13(9-7-11)14(16)12-4-2-1-3-5-12/h1-4,6-9H. The van der Waals surface area contributed by atoms with Crippen molar-refractivity contribution in [2.24, 2.45) is 0 Å². The van der Waals surface area contributed by atoms with Gasteiger partial charge in [0.25, 0.3) is 0 Å². The molecule has 2 nitrogen and oxygen atoms in total. The SMILES string of the molecule is O=[C]c1ccc(C(=O)c2[c]cccc2)cc1. The third-order valence-corrected chi connectivity index (χ3v) is 2.22. The molecule has 76 valence electrons. The van der Waals surface area contributed by atoms with Gasteiger partial charge < -0.3 is 0 Å². The Morgan fingerprint density at radius 2 is 1.81 bits per heavy atom. The summed E-state index contributed by atoms with van der Waals surface area (Å²) < 4.78 is 0. The molecular weight excluding hydrogens is 200 g/mol. The first kappa shape index (κ1) is 10.3. The molecule has 0 bridgehead atoms. The smallest absolute Gasteiger partial charge is 0.233 e. The van der Waals surface area contributed by atoms with Gasteiger partial charge in [0.2, 0.25) is 6.29 Å². The van der Waals surface area contributed by atoms with Crippen LogP contribution in [-0.2, 0) is 4.79 Å². The third-order valence-electron chi connectivity index (χ3n) is 2.22. The lowest BCUT2D eigenvalue weighted by Gasteiger charge is -2.00. The number of carbonyl (C=O) groups is 1. The van der Waals surface area contributed by atoms with E-state index in [4.69, 9.17) is 0 Å². The molecule has 2 rings (SSSR count). The predicted molar refractivity (Wildman–Crippen MR) is 59.9 cm³/mol. The van der Waals surface area contributed by atoms with Gasteiger partial charge in [0.05, 0.1) is 0 Å². The second kappa shape index (κ2) is 4.53. The summed E-state index contributed by atoms with van der Waals surface area (Å²) in [5, 5.41) is 0. The number of ketones is 1. The van der Waals surface area contributed by atoms with Crippen molar-refractivity contribution in [2.45, 2.75) is 0 Å². The van der Waals surface area contributed by atoms with Gasteiger partial charge in [-0.2, -0.15) is 0 Å². The van der Waals surface area contributed by atoms with E-state index in [9.17, 15) is 9.59 Å². The van der Waals surface area contributed by atoms with E-state index in [1.807, 2.05) is 0 Å². The van der Waals surface area contributed by atoms with Gasteiger partial charge in [-0.1, -0.05) is 48.5 Å². The molecular formula is C14H8O2. The Labute approximate surface area is 93.5 Å². The first-order chi connectivity index (χ1) is 7.81. The first-order valence-corrected chi connectivity index (χ1v) is 4.81. The molecule has 2 radical (unpaired) electrons. The Balaban J connectivity index is 2.31. The van der Waals surface area contributed by atoms with Crippen LogP contribution in [0.4, 0.5) is 0 Å². The van der Waals surface area contributed by atoms with E-state index in [1.54, 1.807) is 54.8 Å². The van der Waals surface area contributed by atoms with Gasteiger partial charge in [0.1, 0.15) is 0 Å². The van der Waals surface area contributed by atoms with Crippen molar-refractivity contribution in [1.82, 2.24) is 0 Å². The largest absolute Gasteiger partial charge is 0.289 e. The van der Waals surface area contributed by atoms with Crippen molar-refractivity contribution < 1.29 is 9.59 Å². The highest BCUT2D eigenvalue weighted by Gasteiger charge is 2.07. The molecule has 0 atom stereocenters. The molecule has 0 saturated heterocycles. The van der Waals surface area contributed by atoms with E-state index >= 15 is 0 Å². The summed E-state index contributed by atoms with van der Waals surface area (Å²) in [6, 6.07) is 16.2. The van der Waals surface area contributed by atoms with Crippen LogP contribution in [0.5, 0.6) is 0 Å². The number of hydrogen-bond donors (Lipinski definition) is 0. The predicted octanol–water partition coefficient (Wildman–Crippen LogP) is 2.18. The van der Waals surface area contributed by atoms with Crippen LogP contribution in [0.15, 0.2) is 48.5 Å². The average Bonchev–Trinajstić information content (AvgIpc) is 2.39. The molecule has 16 heavy (non-hydrogen) atoms. The molecule has 0 aliphatic rings. The molecule has 2 aromatic rings. The molecule has 0 saturated carbocycles. The van der Waals surface area contributed by atoms with Crippen LogP contribution in [0.25, 0.3) is 0 Å². The minimum atomic E-state index is -0.0990. The molecule has 0 unspecified atom stereocenters. The van der Waals surface area contributed by atoms with Gasteiger partial charge >= 0.3 is 0 Å². The Kier molecular flexibility index (Phi) is 2.92.